The van der Waals surface area contributed by atoms with Crippen molar-refractivity contribution in [1.82, 2.24) is 0 Å². The SMILES string of the molecule is CNc1cccc2c1oc1ccccc12.C\C=C/C1=C(\C=C/c2cccc3c2oc2ccccc23)N(C)c2ccccc2O1. The van der Waals surface area contributed by atoms with Crippen molar-refractivity contribution in [2.45, 2.75) is 6.92 Å². The monoisotopic (exact) mass is 576 g/mol. The summed E-state index contributed by atoms with van der Waals surface area (Å²) in [4.78, 5) is 2.16. The molecule has 3 heterocycles. The van der Waals surface area contributed by atoms with Gasteiger partial charge >= 0.3 is 0 Å². The molecule has 1 N–H and O–H groups in total. The molecule has 1 aliphatic rings. The van der Waals surface area contributed by atoms with E-state index in [0.717, 1.165) is 72.6 Å². The van der Waals surface area contributed by atoms with Gasteiger partial charge in [0.15, 0.2) is 17.1 Å². The average molecular weight is 577 g/mol. The number of nitrogens with zero attached hydrogens (tertiary/aromatic N) is 1. The van der Waals surface area contributed by atoms with E-state index in [9.17, 15) is 0 Å². The number of hydrogen-bond acceptors (Lipinski definition) is 5. The molecule has 0 spiro atoms. The van der Waals surface area contributed by atoms with E-state index in [2.05, 4.69) is 71.9 Å². The van der Waals surface area contributed by atoms with Crippen molar-refractivity contribution in [3.63, 3.8) is 0 Å². The van der Waals surface area contributed by atoms with Crippen molar-refractivity contribution in [3.8, 4) is 5.75 Å². The quantitative estimate of drug-likeness (QED) is 0.226. The summed E-state index contributed by atoms with van der Waals surface area (Å²) in [6.07, 6.45) is 8.17. The van der Waals surface area contributed by atoms with Gasteiger partial charge in [0.2, 0.25) is 0 Å². The number of allylic oxidation sites excluding steroid dienone is 3. The Morgan fingerprint density at radius 2 is 1.23 bits per heavy atom. The van der Waals surface area contributed by atoms with Gasteiger partial charge in [0.05, 0.1) is 17.1 Å². The van der Waals surface area contributed by atoms with Gasteiger partial charge in [-0.25, -0.2) is 0 Å². The predicted octanol–water partition coefficient (Wildman–Crippen LogP) is 10.5. The van der Waals surface area contributed by atoms with Crippen LogP contribution in [0.15, 0.2) is 148 Å². The number of para-hydroxylation sites is 6. The zero-order valence-corrected chi connectivity index (χ0v) is 24.9. The highest BCUT2D eigenvalue weighted by atomic mass is 16.5. The summed E-state index contributed by atoms with van der Waals surface area (Å²) < 4.78 is 18.1. The molecule has 2 aromatic heterocycles. The van der Waals surface area contributed by atoms with Crippen LogP contribution in [0.25, 0.3) is 50.0 Å². The van der Waals surface area contributed by atoms with Crippen LogP contribution in [0, 0.1) is 0 Å². The summed E-state index contributed by atoms with van der Waals surface area (Å²) in [5.41, 5.74) is 7.79. The zero-order valence-electron chi connectivity index (χ0n) is 24.9. The first-order valence-electron chi connectivity index (χ1n) is 14.7. The van der Waals surface area contributed by atoms with Crippen molar-refractivity contribution < 1.29 is 13.6 Å². The number of likely N-dealkylation sites (N-methyl/N-ethyl adjacent to an activating group) is 1. The van der Waals surface area contributed by atoms with E-state index < -0.39 is 0 Å². The standard InChI is InChI=1S/C26H21NO2.C13H11NO/c1-3-9-24-22(27(2)21-13-5-7-15-25(21)28-24)17-16-18-10-8-12-20-19-11-4-6-14-23(19)29-26(18)20;1-14-11-7-4-6-10-9-5-2-3-8-12(9)15-13(10)11/h3-17H,1-2H3;2-8,14H,1H3/b9-3-,17-16-;. The molecule has 0 unspecified atom stereocenters. The highest BCUT2D eigenvalue weighted by Gasteiger charge is 2.21. The number of fused-ring (bicyclic) bond motifs is 7. The summed E-state index contributed by atoms with van der Waals surface area (Å²) in [5, 5.41) is 7.74. The van der Waals surface area contributed by atoms with Crippen LogP contribution in [0.4, 0.5) is 11.4 Å². The summed E-state index contributed by atoms with van der Waals surface area (Å²) in [7, 11) is 3.97. The zero-order chi connectivity index (χ0) is 30.0. The fourth-order valence-electron chi connectivity index (χ4n) is 5.76. The Kier molecular flexibility index (Phi) is 7.13. The van der Waals surface area contributed by atoms with E-state index in [1.54, 1.807) is 0 Å². The van der Waals surface area contributed by atoms with Crippen molar-refractivity contribution >= 4 is 61.3 Å². The van der Waals surface area contributed by atoms with Gasteiger partial charge in [-0.3, -0.25) is 0 Å². The molecule has 0 saturated heterocycles. The molecule has 0 radical (unpaired) electrons. The van der Waals surface area contributed by atoms with Crippen LogP contribution in [-0.4, -0.2) is 14.1 Å². The smallest absolute Gasteiger partial charge is 0.158 e. The lowest BCUT2D eigenvalue weighted by atomic mass is 10.1. The number of ether oxygens (including phenoxy) is 1. The van der Waals surface area contributed by atoms with Crippen molar-refractivity contribution in [2.75, 3.05) is 24.3 Å². The number of rotatable bonds is 4. The minimum absolute atomic E-state index is 0.821. The highest BCUT2D eigenvalue weighted by Crippen LogP contribution is 2.38. The van der Waals surface area contributed by atoms with Gasteiger partial charge in [0, 0.05) is 41.2 Å². The molecule has 44 heavy (non-hydrogen) atoms. The molecule has 216 valence electrons. The summed E-state index contributed by atoms with van der Waals surface area (Å²) in [5.74, 6) is 1.68. The van der Waals surface area contributed by atoms with E-state index in [1.807, 2.05) is 92.9 Å². The fraction of sp³-hybridized carbons (Fsp3) is 0.0769. The molecule has 5 aromatic carbocycles. The third kappa shape index (κ3) is 4.78. The van der Waals surface area contributed by atoms with Crippen LogP contribution in [0.3, 0.4) is 0 Å². The fourth-order valence-corrected chi connectivity index (χ4v) is 5.76. The number of anilines is 2. The topological polar surface area (TPSA) is 50.8 Å². The van der Waals surface area contributed by atoms with Gasteiger partial charge in [-0.2, -0.15) is 0 Å². The molecule has 0 saturated carbocycles. The number of furan rings is 2. The second kappa shape index (κ2) is 11.5. The highest BCUT2D eigenvalue weighted by molar-refractivity contribution is 6.09. The first kappa shape index (κ1) is 27.2. The number of benzene rings is 5. The molecule has 0 atom stereocenters. The molecular weight excluding hydrogens is 544 g/mol. The molecule has 1 aliphatic heterocycles. The van der Waals surface area contributed by atoms with Gasteiger partial charge < -0.3 is 23.8 Å². The lowest BCUT2D eigenvalue weighted by Gasteiger charge is -2.29. The van der Waals surface area contributed by atoms with Gasteiger partial charge in [0.1, 0.15) is 16.7 Å². The third-order valence-electron chi connectivity index (χ3n) is 7.91. The van der Waals surface area contributed by atoms with Gasteiger partial charge in [-0.05, 0) is 55.5 Å². The van der Waals surface area contributed by atoms with Crippen molar-refractivity contribution in [1.29, 1.82) is 0 Å². The molecule has 5 heteroatoms. The van der Waals surface area contributed by atoms with Crippen molar-refractivity contribution in [2.24, 2.45) is 0 Å². The van der Waals surface area contributed by atoms with Gasteiger partial charge in [0.25, 0.3) is 0 Å². The predicted molar refractivity (Wildman–Crippen MR) is 183 cm³/mol. The molecule has 0 bridgehead atoms. The maximum Gasteiger partial charge on any atom is 0.158 e. The van der Waals surface area contributed by atoms with E-state index >= 15 is 0 Å². The summed E-state index contributed by atoms with van der Waals surface area (Å²) in [6.45, 7) is 1.99. The van der Waals surface area contributed by atoms with Crippen LogP contribution in [-0.2, 0) is 0 Å². The normalized spacial score (nSPS) is 13.2. The lowest BCUT2D eigenvalue weighted by molar-refractivity contribution is 0.429. The Balaban J connectivity index is 0.000000174. The Bertz CT molecular complexity index is 2230. The molecule has 5 nitrogen and oxygen atoms in total. The second-order valence-electron chi connectivity index (χ2n) is 10.6. The molecule has 0 aliphatic carbocycles. The minimum Gasteiger partial charge on any atom is -0.455 e. The molecule has 0 fully saturated rings. The van der Waals surface area contributed by atoms with Crippen LogP contribution in [0.1, 0.15) is 12.5 Å². The Morgan fingerprint density at radius 3 is 1.95 bits per heavy atom. The van der Waals surface area contributed by atoms with Gasteiger partial charge in [-0.1, -0.05) is 84.9 Å². The Morgan fingerprint density at radius 1 is 0.614 bits per heavy atom. The van der Waals surface area contributed by atoms with E-state index in [1.165, 1.54) is 5.39 Å². The van der Waals surface area contributed by atoms with Crippen LogP contribution >= 0.6 is 0 Å². The molecular formula is C39H32N2O3. The van der Waals surface area contributed by atoms with Crippen LogP contribution < -0.4 is 15.0 Å². The molecule has 7 aromatic rings. The average Bonchev–Trinajstić information content (AvgIpc) is 3.64. The van der Waals surface area contributed by atoms with Crippen LogP contribution in [0.2, 0.25) is 0 Å². The van der Waals surface area contributed by atoms with Gasteiger partial charge in [-0.15, -0.1) is 0 Å². The Hall–Kier alpha value is -5.68. The second-order valence-corrected chi connectivity index (χ2v) is 10.6. The maximum atomic E-state index is 6.16. The van der Waals surface area contributed by atoms with E-state index in [0.29, 0.717) is 0 Å². The minimum atomic E-state index is 0.821. The van der Waals surface area contributed by atoms with E-state index in [-0.39, 0.29) is 0 Å². The van der Waals surface area contributed by atoms with E-state index in [4.69, 9.17) is 13.6 Å². The maximum absolute atomic E-state index is 6.16. The lowest BCUT2D eigenvalue weighted by Crippen LogP contribution is -2.23. The first-order valence-corrected chi connectivity index (χ1v) is 14.7. The Labute approximate surface area is 255 Å². The summed E-state index contributed by atoms with van der Waals surface area (Å²) in [6, 6.07) is 36.7. The molecule has 0 amide bonds. The summed E-state index contributed by atoms with van der Waals surface area (Å²) >= 11 is 0. The number of hydrogen-bond donors (Lipinski definition) is 1. The third-order valence-corrected chi connectivity index (χ3v) is 7.91. The van der Waals surface area contributed by atoms with Crippen LogP contribution in [0.5, 0.6) is 5.75 Å². The number of nitrogens with one attached hydrogen (secondary N) is 1. The van der Waals surface area contributed by atoms with Crippen molar-refractivity contribution in [3.05, 3.63) is 144 Å². The molecule has 8 rings (SSSR count). The first-order chi connectivity index (χ1) is 21.7. The largest absolute Gasteiger partial charge is 0.455 e.